The van der Waals surface area contributed by atoms with Crippen molar-refractivity contribution in [3.63, 3.8) is 0 Å². The fourth-order valence-corrected chi connectivity index (χ4v) is 1.57. The molecule has 0 radical (unpaired) electrons. The van der Waals surface area contributed by atoms with Crippen molar-refractivity contribution >= 4 is 11.6 Å². The highest BCUT2D eigenvalue weighted by molar-refractivity contribution is 5.96. The van der Waals surface area contributed by atoms with Crippen LogP contribution in [0.3, 0.4) is 0 Å². The second kappa shape index (κ2) is 5.40. The summed E-state index contributed by atoms with van der Waals surface area (Å²) in [6.07, 6.45) is 0. The molecule has 2 aromatic rings. The third-order valence-corrected chi connectivity index (χ3v) is 2.70. The van der Waals surface area contributed by atoms with E-state index in [1.807, 2.05) is 19.1 Å². The van der Waals surface area contributed by atoms with Crippen LogP contribution in [0.5, 0.6) is 17.2 Å². The first-order valence-electron chi connectivity index (χ1n) is 5.85. The van der Waals surface area contributed by atoms with Gasteiger partial charge in [0, 0.05) is 5.56 Å². The van der Waals surface area contributed by atoms with E-state index in [2.05, 4.69) is 10.9 Å². The van der Waals surface area contributed by atoms with E-state index in [9.17, 15) is 20.1 Å². The lowest BCUT2D eigenvalue weighted by Crippen LogP contribution is -2.29. The van der Waals surface area contributed by atoms with Gasteiger partial charge >= 0.3 is 0 Å². The lowest BCUT2D eigenvalue weighted by Gasteiger charge is -2.10. The van der Waals surface area contributed by atoms with Crippen LogP contribution in [0, 0.1) is 6.92 Å². The molecule has 0 aliphatic rings. The lowest BCUT2D eigenvalue weighted by atomic mass is 10.2. The number of hydrogen-bond acceptors (Lipinski definition) is 5. The van der Waals surface area contributed by atoms with Gasteiger partial charge in [-0.15, -0.1) is 0 Å². The van der Waals surface area contributed by atoms with Gasteiger partial charge < -0.3 is 15.3 Å². The molecule has 1 amide bonds. The van der Waals surface area contributed by atoms with Crippen LogP contribution in [0.2, 0.25) is 0 Å². The number of benzene rings is 2. The number of aromatic hydroxyl groups is 3. The molecule has 0 heterocycles. The number of hydrazine groups is 1. The van der Waals surface area contributed by atoms with Gasteiger partial charge in [0.1, 0.15) is 0 Å². The van der Waals surface area contributed by atoms with Gasteiger partial charge in [-0.25, -0.2) is 0 Å². The van der Waals surface area contributed by atoms with Gasteiger partial charge in [-0.2, -0.15) is 0 Å². The monoisotopic (exact) mass is 274 g/mol. The molecule has 5 N–H and O–H groups in total. The Labute approximate surface area is 115 Å². The van der Waals surface area contributed by atoms with Crippen molar-refractivity contribution < 1.29 is 20.1 Å². The Hall–Kier alpha value is -2.89. The van der Waals surface area contributed by atoms with Crippen molar-refractivity contribution in [3.8, 4) is 17.2 Å². The normalized spacial score (nSPS) is 10.1. The number of nitrogens with one attached hydrogen (secondary N) is 2. The largest absolute Gasteiger partial charge is 0.504 e. The van der Waals surface area contributed by atoms with Gasteiger partial charge in [-0.1, -0.05) is 17.7 Å². The number of carbonyl (C=O) groups is 1. The first-order valence-corrected chi connectivity index (χ1v) is 5.85. The van der Waals surface area contributed by atoms with E-state index >= 15 is 0 Å². The van der Waals surface area contributed by atoms with Crippen molar-refractivity contribution in [2.45, 2.75) is 6.92 Å². The van der Waals surface area contributed by atoms with Crippen LogP contribution in [-0.2, 0) is 0 Å². The predicted molar refractivity (Wildman–Crippen MR) is 73.7 cm³/mol. The minimum Gasteiger partial charge on any atom is -0.504 e. The van der Waals surface area contributed by atoms with Crippen LogP contribution in [-0.4, -0.2) is 21.2 Å². The summed E-state index contributed by atoms with van der Waals surface area (Å²) in [5.74, 6) is -2.35. The van der Waals surface area contributed by atoms with Crippen LogP contribution < -0.4 is 10.9 Å². The molecule has 0 fully saturated rings. The molecule has 0 unspecified atom stereocenters. The Morgan fingerprint density at radius 1 is 1.00 bits per heavy atom. The number of anilines is 1. The molecule has 6 heteroatoms. The third kappa shape index (κ3) is 2.92. The maximum atomic E-state index is 11.8. The molecule has 20 heavy (non-hydrogen) atoms. The number of carbonyl (C=O) groups excluding carboxylic acids is 1. The molecule has 0 bridgehead atoms. The first-order chi connectivity index (χ1) is 9.47. The molecule has 2 aromatic carbocycles. The molecule has 0 aliphatic carbocycles. The van der Waals surface area contributed by atoms with E-state index in [0.717, 1.165) is 17.7 Å². The van der Waals surface area contributed by atoms with Gasteiger partial charge in [-0.3, -0.25) is 15.6 Å². The summed E-state index contributed by atoms with van der Waals surface area (Å²) in [6, 6.07) is 9.46. The van der Waals surface area contributed by atoms with Crippen molar-refractivity contribution in [2.24, 2.45) is 0 Å². The SMILES string of the molecule is Cc1ccc(NNC(=O)c2cc(O)c(O)c(O)c2)cc1. The zero-order chi connectivity index (χ0) is 14.7. The summed E-state index contributed by atoms with van der Waals surface area (Å²) in [5, 5.41) is 27.9. The second-order valence-corrected chi connectivity index (χ2v) is 4.31. The van der Waals surface area contributed by atoms with Crippen LogP contribution in [0.4, 0.5) is 5.69 Å². The second-order valence-electron chi connectivity index (χ2n) is 4.31. The van der Waals surface area contributed by atoms with Crippen LogP contribution in [0.25, 0.3) is 0 Å². The zero-order valence-corrected chi connectivity index (χ0v) is 10.7. The molecule has 0 atom stereocenters. The van der Waals surface area contributed by atoms with Gasteiger partial charge in [0.2, 0.25) is 0 Å². The van der Waals surface area contributed by atoms with Gasteiger partial charge in [-0.05, 0) is 31.2 Å². The van der Waals surface area contributed by atoms with Gasteiger partial charge in [0.25, 0.3) is 5.91 Å². The van der Waals surface area contributed by atoms with Gasteiger partial charge in [0.15, 0.2) is 17.2 Å². The summed E-state index contributed by atoms with van der Waals surface area (Å²) < 4.78 is 0. The van der Waals surface area contributed by atoms with Crippen LogP contribution in [0.15, 0.2) is 36.4 Å². The molecule has 0 saturated carbocycles. The van der Waals surface area contributed by atoms with Crippen molar-refractivity contribution in [3.05, 3.63) is 47.5 Å². The fraction of sp³-hybridized carbons (Fsp3) is 0.0714. The third-order valence-electron chi connectivity index (χ3n) is 2.70. The summed E-state index contributed by atoms with van der Waals surface area (Å²) >= 11 is 0. The molecule has 2 rings (SSSR count). The molecule has 0 spiro atoms. The summed E-state index contributed by atoms with van der Waals surface area (Å²) in [7, 11) is 0. The molecular weight excluding hydrogens is 260 g/mol. The molecule has 104 valence electrons. The molecule has 0 saturated heterocycles. The van der Waals surface area contributed by atoms with Crippen molar-refractivity contribution in [1.29, 1.82) is 0 Å². The first kappa shape index (κ1) is 13.5. The average Bonchev–Trinajstić information content (AvgIpc) is 2.43. The maximum Gasteiger partial charge on any atom is 0.269 e. The van der Waals surface area contributed by atoms with Crippen molar-refractivity contribution in [1.82, 2.24) is 5.43 Å². The molecule has 0 aromatic heterocycles. The zero-order valence-electron chi connectivity index (χ0n) is 10.7. The van der Waals surface area contributed by atoms with Crippen LogP contribution >= 0.6 is 0 Å². The standard InChI is InChI=1S/C14H14N2O4/c1-8-2-4-10(5-3-8)15-16-14(20)9-6-11(17)13(19)12(18)7-9/h2-7,15,17-19H,1H3,(H,16,20). The minimum atomic E-state index is -0.659. The van der Waals surface area contributed by atoms with E-state index < -0.39 is 23.2 Å². The lowest BCUT2D eigenvalue weighted by molar-refractivity contribution is 0.0962. The topological polar surface area (TPSA) is 102 Å². The number of phenolic OH excluding ortho intramolecular Hbond substituents is 3. The number of hydrogen-bond donors (Lipinski definition) is 5. The average molecular weight is 274 g/mol. The Morgan fingerprint density at radius 3 is 2.10 bits per heavy atom. The van der Waals surface area contributed by atoms with Crippen LogP contribution in [0.1, 0.15) is 15.9 Å². The quantitative estimate of drug-likeness (QED) is 0.434. The highest BCUT2D eigenvalue weighted by atomic mass is 16.3. The summed E-state index contributed by atoms with van der Waals surface area (Å²) in [5.41, 5.74) is 6.91. The van der Waals surface area contributed by atoms with Crippen molar-refractivity contribution in [2.75, 3.05) is 5.43 Å². The fourth-order valence-electron chi connectivity index (χ4n) is 1.57. The Balaban J connectivity index is 2.07. The number of aryl methyl sites for hydroxylation is 1. The highest BCUT2D eigenvalue weighted by Crippen LogP contribution is 2.35. The summed E-state index contributed by atoms with van der Waals surface area (Å²) in [4.78, 5) is 11.8. The Kier molecular flexibility index (Phi) is 3.65. The number of phenols is 3. The highest BCUT2D eigenvalue weighted by Gasteiger charge is 2.13. The molecule has 6 nitrogen and oxygen atoms in total. The number of rotatable bonds is 3. The smallest absolute Gasteiger partial charge is 0.269 e. The maximum absolute atomic E-state index is 11.8. The predicted octanol–water partition coefficient (Wildman–Crippen LogP) is 1.87. The summed E-state index contributed by atoms with van der Waals surface area (Å²) in [6.45, 7) is 1.95. The van der Waals surface area contributed by atoms with E-state index in [1.54, 1.807) is 12.1 Å². The van der Waals surface area contributed by atoms with Gasteiger partial charge in [0.05, 0.1) is 5.69 Å². The van der Waals surface area contributed by atoms with E-state index in [1.165, 1.54) is 0 Å². The van der Waals surface area contributed by atoms with E-state index in [4.69, 9.17) is 0 Å². The molecule has 0 aliphatic heterocycles. The Morgan fingerprint density at radius 2 is 1.55 bits per heavy atom. The van der Waals surface area contributed by atoms with E-state index in [0.29, 0.717) is 5.69 Å². The number of amides is 1. The Bertz CT molecular complexity index is 615. The van der Waals surface area contributed by atoms with E-state index in [-0.39, 0.29) is 5.56 Å². The minimum absolute atomic E-state index is 0.0115. The molecular formula is C14H14N2O4.